The molecule has 0 saturated carbocycles. The molecule has 0 aromatic carbocycles. The summed E-state index contributed by atoms with van der Waals surface area (Å²) in [4.78, 5) is 11.3. The molecule has 0 aliphatic carbocycles. The molecular formula is C12H25NO2. The lowest BCUT2D eigenvalue weighted by molar-refractivity contribution is -0.122. The van der Waals surface area contributed by atoms with Crippen molar-refractivity contribution in [3.05, 3.63) is 0 Å². The van der Waals surface area contributed by atoms with Crippen LogP contribution in [-0.4, -0.2) is 23.7 Å². The molecule has 0 bridgehead atoms. The number of nitrogens with one attached hydrogen (secondary N) is 1. The van der Waals surface area contributed by atoms with Crippen molar-refractivity contribution in [1.82, 2.24) is 5.32 Å². The molecule has 1 amide bonds. The maximum atomic E-state index is 11.3. The van der Waals surface area contributed by atoms with Crippen LogP contribution >= 0.6 is 0 Å². The van der Waals surface area contributed by atoms with Gasteiger partial charge in [0, 0.05) is 19.1 Å². The fourth-order valence-corrected chi connectivity index (χ4v) is 1.49. The second-order valence-corrected chi connectivity index (χ2v) is 4.62. The van der Waals surface area contributed by atoms with E-state index in [1.165, 1.54) is 12.8 Å². The van der Waals surface area contributed by atoms with Gasteiger partial charge in [-0.3, -0.25) is 4.79 Å². The normalized spacial score (nSPS) is 12.9. The Morgan fingerprint density at radius 3 is 2.40 bits per heavy atom. The summed E-state index contributed by atoms with van der Waals surface area (Å²) in [5.41, 5.74) is 0. The Hall–Kier alpha value is -0.570. The molecule has 0 aromatic rings. The van der Waals surface area contributed by atoms with E-state index in [2.05, 4.69) is 19.2 Å². The second-order valence-electron chi connectivity index (χ2n) is 4.62. The summed E-state index contributed by atoms with van der Waals surface area (Å²) < 4.78 is 0. The average Bonchev–Trinajstić information content (AvgIpc) is 2.14. The zero-order valence-corrected chi connectivity index (χ0v) is 10.3. The topological polar surface area (TPSA) is 49.3 Å². The quantitative estimate of drug-likeness (QED) is 0.651. The minimum absolute atomic E-state index is 0.0566. The first-order valence-electron chi connectivity index (χ1n) is 5.96. The highest BCUT2D eigenvalue weighted by Crippen LogP contribution is 2.08. The molecule has 0 aromatic heterocycles. The van der Waals surface area contributed by atoms with Crippen LogP contribution in [-0.2, 0) is 4.79 Å². The van der Waals surface area contributed by atoms with E-state index in [-0.39, 0.29) is 18.6 Å². The first-order valence-corrected chi connectivity index (χ1v) is 5.96. The van der Waals surface area contributed by atoms with Gasteiger partial charge in [0.2, 0.25) is 5.91 Å². The molecule has 15 heavy (non-hydrogen) atoms. The number of aliphatic hydroxyl groups excluding tert-OH is 1. The van der Waals surface area contributed by atoms with Crippen molar-refractivity contribution < 1.29 is 9.90 Å². The van der Waals surface area contributed by atoms with Gasteiger partial charge in [0.05, 0.1) is 0 Å². The molecule has 90 valence electrons. The van der Waals surface area contributed by atoms with E-state index >= 15 is 0 Å². The van der Waals surface area contributed by atoms with Crippen molar-refractivity contribution in [2.75, 3.05) is 6.61 Å². The van der Waals surface area contributed by atoms with Crippen LogP contribution in [0.3, 0.4) is 0 Å². The van der Waals surface area contributed by atoms with E-state index in [4.69, 9.17) is 5.11 Å². The van der Waals surface area contributed by atoms with Gasteiger partial charge in [-0.05, 0) is 25.7 Å². The van der Waals surface area contributed by atoms with Gasteiger partial charge in [-0.2, -0.15) is 0 Å². The summed E-state index contributed by atoms with van der Waals surface area (Å²) in [5.74, 6) is 0.795. The lowest BCUT2D eigenvalue weighted by atomic mass is 10.0. The second kappa shape index (κ2) is 8.72. The molecule has 3 nitrogen and oxygen atoms in total. The van der Waals surface area contributed by atoms with Gasteiger partial charge >= 0.3 is 0 Å². The van der Waals surface area contributed by atoms with Gasteiger partial charge in [0.1, 0.15) is 0 Å². The third-order valence-electron chi connectivity index (χ3n) is 2.39. The summed E-state index contributed by atoms with van der Waals surface area (Å²) in [7, 11) is 0. The van der Waals surface area contributed by atoms with Gasteiger partial charge in [0.15, 0.2) is 0 Å². The molecule has 1 unspecified atom stereocenters. The van der Waals surface area contributed by atoms with Gasteiger partial charge in [-0.25, -0.2) is 0 Å². The molecule has 0 rings (SSSR count). The van der Waals surface area contributed by atoms with Gasteiger partial charge in [0.25, 0.3) is 0 Å². The molecule has 0 heterocycles. The van der Waals surface area contributed by atoms with E-state index in [0.717, 1.165) is 12.3 Å². The Morgan fingerprint density at radius 2 is 1.87 bits per heavy atom. The van der Waals surface area contributed by atoms with E-state index in [9.17, 15) is 4.79 Å². The number of rotatable bonds is 8. The first-order chi connectivity index (χ1) is 7.06. The predicted octanol–water partition coefficient (Wildman–Crippen LogP) is 2.09. The molecule has 0 aliphatic rings. The third kappa shape index (κ3) is 9.73. The summed E-state index contributed by atoms with van der Waals surface area (Å²) in [6, 6.07) is 0.259. The van der Waals surface area contributed by atoms with E-state index in [0.29, 0.717) is 12.8 Å². The van der Waals surface area contributed by atoms with Crippen LogP contribution in [0, 0.1) is 5.92 Å². The summed E-state index contributed by atoms with van der Waals surface area (Å²) in [5, 5.41) is 11.5. The molecular weight excluding hydrogens is 190 g/mol. The number of hydrogen-bond donors (Lipinski definition) is 2. The van der Waals surface area contributed by atoms with Crippen LogP contribution in [0.5, 0.6) is 0 Å². The molecule has 0 fully saturated rings. The van der Waals surface area contributed by atoms with Crippen molar-refractivity contribution in [3.8, 4) is 0 Å². The van der Waals surface area contributed by atoms with Crippen molar-refractivity contribution in [1.29, 1.82) is 0 Å². The largest absolute Gasteiger partial charge is 0.396 e. The Balaban J connectivity index is 3.46. The fourth-order valence-electron chi connectivity index (χ4n) is 1.49. The van der Waals surface area contributed by atoms with E-state index < -0.39 is 0 Å². The maximum Gasteiger partial charge on any atom is 0.220 e. The minimum Gasteiger partial charge on any atom is -0.396 e. The van der Waals surface area contributed by atoms with Crippen molar-refractivity contribution >= 4 is 5.91 Å². The Bertz CT molecular complexity index is 169. The standard InChI is InChI=1S/C12H25NO2/c1-10(2)6-4-7-11(3)13-12(15)8-5-9-14/h10-11,14H,4-9H2,1-3H3,(H,13,15). The molecule has 2 N–H and O–H groups in total. The highest BCUT2D eigenvalue weighted by atomic mass is 16.3. The van der Waals surface area contributed by atoms with Gasteiger partial charge in [-0.15, -0.1) is 0 Å². The SMILES string of the molecule is CC(C)CCCC(C)NC(=O)CCCO. The Kier molecular flexibility index (Phi) is 8.38. The smallest absolute Gasteiger partial charge is 0.220 e. The average molecular weight is 215 g/mol. The zero-order valence-electron chi connectivity index (χ0n) is 10.3. The van der Waals surface area contributed by atoms with E-state index in [1.807, 2.05) is 6.92 Å². The van der Waals surface area contributed by atoms with Crippen LogP contribution in [0.1, 0.15) is 52.9 Å². The van der Waals surface area contributed by atoms with Crippen LogP contribution in [0.4, 0.5) is 0 Å². The first kappa shape index (κ1) is 14.4. The third-order valence-corrected chi connectivity index (χ3v) is 2.39. The lowest BCUT2D eigenvalue weighted by Crippen LogP contribution is -2.32. The Morgan fingerprint density at radius 1 is 1.20 bits per heavy atom. The lowest BCUT2D eigenvalue weighted by Gasteiger charge is -2.14. The van der Waals surface area contributed by atoms with Crippen molar-refractivity contribution in [3.63, 3.8) is 0 Å². The van der Waals surface area contributed by atoms with Crippen LogP contribution < -0.4 is 5.32 Å². The number of carbonyl (C=O) groups is 1. The van der Waals surface area contributed by atoms with Gasteiger partial charge < -0.3 is 10.4 Å². The highest BCUT2D eigenvalue weighted by Gasteiger charge is 2.06. The number of aliphatic hydroxyl groups is 1. The number of hydrogen-bond acceptors (Lipinski definition) is 2. The molecule has 0 spiro atoms. The van der Waals surface area contributed by atoms with Crippen molar-refractivity contribution in [2.45, 2.75) is 58.9 Å². The minimum atomic E-state index is 0.0566. The predicted molar refractivity (Wildman–Crippen MR) is 62.6 cm³/mol. The molecule has 0 saturated heterocycles. The summed E-state index contributed by atoms with van der Waals surface area (Å²) in [6.07, 6.45) is 4.43. The molecule has 3 heteroatoms. The monoisotopic (exact) mass is 215 g/mol. The van der Waals surface area contributed by atoms with Gasteiger partial charge in [-0.1, -0.05) is 26.7 Å². The zero-order chi connectivity index (χ0) is 11.7. The van der Waals surface area contributed by atoms with Crippen LogP contribution in [0.2, 0.25) is 0 Å². The number of carbonyl (C=O) groups excluding carboxylic acids is 1. The van der Waals surface area contributed by atoms with E-state index in [1.54, 1.807) is 0 Å². The number of amides is 1. The van der Waals surface area contributed by atoms with Crippen molar-refractivity contribution in [2.24, 2.45) is 5.92 Å². The van der Waals surface area contributed by atoms with Crippen LogP contribution in [0.25, 0.3) is 0 Å². The molecule has 0 radical (unpaired) electrons. The Labute approximate surface area is 93.3 Å². The summed E-state index contributed by atoms with van der Waals surface area (Å²) >= 11 is 0. The summed E-state index contributed by atoms with van der Waals surface area (Å²) in [6.45, 7) is 6.56. The highest BCUT2D eigenvalue weighted by molar-refractivity contribution is 5.76. The molecule has 1 atom stereocenters. The molecule has 0 aliphatic heterocycles. The fraction of sp³-hybridized carbons (Fsp3) is 0.917. The maximum absolute atomic E-state index is 11.3. The van der Waals surface area contributed by atoms with Crippen LogP contribution in [0.15, 0.2) is 0 Å².